The van der Waals surface area contributed by atoms with Crippen LogP contribution in [-0.2, 0) is 11.3 Å². The number of amides is 1. The Labute approximate surface area is 146 Å². The van der Waals surface area contributed by atoms with Crippen molar-refractivity contribution in [3.05, 3.63) is 53.8 Å². The van der Waals surface area contributed by atoms with Gasteiger partial charge in [0.25, 0.3) is 5.91 Å². The monoisotopic (exact) mass is 347 g/mol. The third kappa shape index (κ3) is 5.67. The van der Waals surface area contributed by atoms with E-state index in [9.17, 15) is 9.18 Å². The quantitative estimate of drug-likeness (QED) is 0.756. The van der Waals surface area contributed by atoms with Gasteiger partial charge in [-0.05, 0) is 43.7 Å². The fraction of sp³-hybridized carbons (Fsp3) is 0.316. The maximum Gasteiger partial charge on any atom is 0.258 e. The summed E-state index contributed by atoms with van der Waals surface area (Å²) in [6.07, 6.45) is 0. The minimum Gasteiger partial charge on any atom is -0.490 e. The Hall–Kier alpha value is -2.76. The van der Waals surface area contributed by atoms with Crippen LogP contribution in [0.15, 0.2) is 42.5 Å². The average molecular weight is 347 g/mol. The van der Waals surface area contributed by atoms with Crippen LogP contribution < -0.4 is 19.5 Å². The Bertz CT molecular complexity index is 706. The normalized spacial score (nSPS) is 10.2. The average Bonchev–Trinajstić information content (AvgIpc) is 2.61. The molecule has 2 aromatic carbocycles. The summed E-state index contributed by atoms with van der Waals surface area (Å²) in [5, 5.41) is 2.73. The minimum atomic E-state index is -0.497. The molecule has 0 fully saturated rings. The molecule has 0 spiro atoms. The molecule has 0 aromatic heterocycles. The van der Waals surface area contributed by atoms with Crippen LogP contribution in [0.25, 0.3) is 0 Å². The van der Waals surface area contributed by atoms with Gasteiger partial charge in [0, 0.05) is 6.54 Å². The lowest BCUT2D eigenvalue weighted by molar-refractivity contribution is -0.123. The number of rotatable bonds is 9. The SMILES string of the molecule is CCOc1ccc(CNC(=O)COc2ccccc2F)cc1OCC. The van der Waals surface area contributed by atoms with Crippen LogP contribution in [0, 0.1) is 5.82 Å². The standard InChI is InChI=1S/C19H22FNO4/c1-3-23-17-10-9-14(11-18(17)24-4-2)12-21-19(22)13-25-16-8-6-5-7-15(16)20/h5-11H,3-4,12-13H2,1-2H3,(H,21,22). The van der Waals surface area contributed by atoms with Gasteiger partial charge < -0.3 is 19.5 Å². The van der Waals surface area contributed by atoms with Gasteiger partial charge in [-0.1, -0.05) is 18.2 Å². The van der Waals surface area contributed by atoms with Crippen LogP contribution in [0.3, 0.4) is 0 Å². The van der Waals surface area contributed by atoms with Crippen molar-refractivity contribution < 1.29 is 23.4 Å². The Balaban J connectivity index is 1.88. The second-order valence-electron chi connectivity index (χ2n) is 5.14. The molecule has 2 rings (SSSR count). The molecule has 134 valence electrons. The second kappa shape index (κ2) is 9.52. The van der Waals surface area contributed by atoms with E-state index in [1.165, 1.54) is 12.1 Å². The van der Waals surface area contributed by atoms with E-state index in [1.807, 2.05) is 32.0 Å². The molecule has 0 radical (unpaired) electrons. The van der Waals surface area contributed by atoms with Crippen molar-refractivity contribution >= 4 is 5.91 Å². The summed E-state index contributed by atoms with van der Waals surface area (Å²) in [5.41, 5.74) is 0.867. The van der Waals surface area contributed by atoms with Crippen molar-refractivity contribution in [3.63, 3.8) is 0 Å². The van der Waals surface area contributed by atoms with Crippen molar-refractivity contribution in [3.8, 4) is 17.2 Å². The molecule has 0 heterocycles. The number of benzene rings is 2. The summed E-state index contributed by atoms with van der Waals surface area (Å²) in [7, 11) is 0. The molecule has 2 aromatic rings. The second-order valence-corrected chi connectivity index (χ2v) is 5.14. The number of halogens is 1. The van der Waals surface area contributed by atoms with Gasteiger partial charge in [0.05, 0.1) is 13.2 Å². The van der Waals surface area contributed by atoms with Gasteiger partial charge in [-0.2, -0.15) is 0 Å². The predicted molar refractivity (Wildman–Crippen MR) is 92.5 cm³/mol. The molecular weight excluding hydrogens is 325 g/mol. The fourth-order valence-electron chi connectivity index (χ4n) is 2.16. The lowest BCUT2D eigenvalue weighted by Crippen LogP contribution is -2.28. The van der Waals surface area contributed by atoms with Crippen molar-refractivity contribution in [1.29, 1.82) is 0 Å². The summed E-state index contributed by atoms with van der Waals surface area (Å²) in [6.45, 7) is 4.92. The largest absolute Gasteiger partial charge is 0.490 e. The van der Waals surface area contributed by atoms with Gasteiger partial charge in [0.15, 0.2) is 29.7 Å². The van der Waals surface area contributed by atoms with Crippen LogP contribution in [0.5, 0.6) is 17.2 Å². The molecule has 0 atom stereocenters. The predicted octanol–water partition coefficient (Wildman–Crippen LogP) is 3.32. The number of ether oxygens (including phenoxy) is 3. The first-order valence-electron chi connectivity index (χ1n) is 8.16. The number of carbonyl (C=O) groups excluding carboxylic acids is 1. The van der Waals surface area contributed by atoms with Crippen molar-refractivity contribution in [1.82, 2.24) is 5.32 Å². The van der Waals surface area contributed by atoms with Gasteiger partial charge in [-0.25, -0.2) is 4.39 Å². The molecule has 25 heavy (non-hydrogen) atoms. The number of carbonyl (C=O) groups is 1. The van der Waals surface area contributed by atoms with Gasteiger partial charge in [0.1, 0.15) is 0 Å². The lowest BCUT2D eigenvalue weighted by Gasteiger charge is -2.13. The minimum absolute atomic E-state index is 0.0531. The van der Waals surface area contributed by atoms with Crippen molar-refractivity contribution in [2.45, 2.75) is 20.4 Å². The van der Waals surface area contributed by atoms with Crippen molar-refractivity contribution in [2.75, 3.05) is 19.8 Å². The first kappa shape index (κ1) is 18.6. The molecule has 0 aliphatic carbocycles. The van der Waals surface area contributed by atoms with E-state index in [4.69, 9.17) is 14.2 Å². The van der Waals surface area contributed by atoms with E-state index in [2.05, 4.69) is 5.32 Å². The lowest BCUT2D eigenvalue weighted by atomic mass is 10.2. The summed E-state index contributed by atoms with van der Waals surface area (Å²) in [6, 6.07) is 11.4. The van der Waals surface area contributed by atoms with Gasteiger partial charge in [-0.15, -0.1) is 0 Å². The van der Waals surface area contributed by atoms with Gasteiger partial charge in [-0.3, -0.25) is 4.79 Å². The Kier molecular flexibility index (Phi) is 7.07. The first-order valence-corrected chi connectivity index (χ1v) is 8.16. The summed E-state index contributed by atoms with van der Waals surface area (Å²) >= 11 is 0. The number of para-hydroxylation sites is 1. The molecule has 1 N–H and O–H groups in total. The van der Waals surface area contributed by atoms with Crippen LogP contribution in [0.1, 0.15) is 19.4 Å². The highest BCUT2D eigenvalue weighted by Crippen LogP contribution is 2.28. The van der Waals surface area contributed by atoms with Crippen LogP contribution in [-0.4, -0.2) is 25.7 Å². The van der Waals surface area contributed by atoms with E-state index < -0.39 is 5.82 Å². The molecule has 0 saturated heterocycles. The van der Waals surface area contributed by atoms with E-state index in [-0.39, 0.29) is 18.3 Å². The van der Waals surface area contributed by atoms with Gasteiger partial charge >= 0.3 is 0 Å². The Morgan fingerprint density at radius 3 is 2.40 bits per heavy atom. The van der Waals surface area contributed by atoms with Gasteiger partial charge in [0.2, 0.25) is 0 Å². The maximum atomic E-state index is 13.4. The van der Waals surface area contributed by atoms with E-state index in [1.54, 1.807) is 12.1 Å². The molecule has 6 heteroatoms. The van der Waals surface area contributed by atoms with E-state index in [0.29, 0.717) is 31.3 Å². The third-order valence-corrected chi connectivity index (χ3v) is 3.29. The number of hydrogen-bond donors (Lipinski definition) is 1. The zero-order valence-electron chi connectivity index (χ0n) is 14.4. The highest BCUT2D eigenvalue weighted by Gasteiger charge is 2.09. The maximum absolute atomic E-state index is 13.4. The smallest absolute Gasteiger partial charge is 0.258 e. The molecule has 0 unspecified atom stereocenters. The fourth-order valence-corrected chi connectivity index (χ4v) is 2.16. The van der Waals surface area contributed by atoms with Crippen LogP contribution in [0.4, 0.5) is 4.39 Å². The zero-order valence-corrected chi connectivity index (χ0v) is 14.4. The molecule has 0 saturated carbocycles. The highest BCUT2D eigenvalue weighted by atomic mass is 19.1. The summed E-state index contributed by atoms with van der Waals surface area (Å²) < 4.78 is 29.6. The van der Waals surface area contributed by atoms with Crippen LogP contribution >= 0.6 is 0 Å². The molecule has 1 amide bonds. The van der Waals surface area contributed by atoms with Crippen molar-refractivity contribution in [2.24, 2.45) is 0 Å². The summed E-state index contributed by atoms with van der Waals surface area (Å²) in [5.74, 6) is 0.525. The Morgan fingerprint density at radius 1 is 0.960 bits per heavy atom. The number of nitrogens with one attached hydrogen (secondary N) is 1. The topological polar surface area (TPSA) is 56.8 Å². The number of hydrogen-bond acceptors (Lipinski definition) is 4. The molecular formula is C19H22FNO4. The highest BCUT2D eigenvalue weighted by molar-refractivity contribution is 5.77. The molecule has 0 aliphatic heterocycles. The Morgan fingerprint density at radius 2 is 1.68 bits per heavy atom. The zero-order chi connectivity index (χ0) is 18.1. The molecule has 0 aliphatic rings. The summed E-state index contributed by atoms with van der Waals surface area (Å²) in [4.78, 5) is 11.9. The first-order chi connectivity index (χ1) is 12.1. The van der Waals surface area contributed by atoms with E-state index >= 15 is 0 Å². The molecule has 5 nitrogen and oxygen atoms in total. The molecule has 0 bridgehead atoms. The van der Waals surface area contributed by atoms with E-state index in [0.717, 1.165) is 5.56 Å². The third-order valence-electron chi connectivity index (χ3n) is 3.29. The van der Waals surface area contributed by atoms with Crippen LogP contribution in [0.2, 0.25) is 0 Å².